The maximum absolute atomic E-state index is 12.4. The molecule has 3 rings (SSSR count). The molecule has 0 radical (unpaired) electrons. The number of rotatable bonds is 2. The minimum atomic E-state index is -0.303. The van der Waals surface area contributed by atoms with E-state index in [1.807, 2.05) is 0 Å². The number of benzene rings is 2. The van der Waals surface area contributed by atoms with E-state index in [1.54, 1.807) is 42.5 Å². The van der Waals surface area contributed by atoms with Gasteiger partial charge in [-0.25, -0.2) is 0 Å². The smallest absolute Gasteiger partial charge is 0.310 e. The van der Waals surface area contributed by atoms with Gasteiger partial charge in [-0.1, -0.05) is 41.1 Å². The second kappa shape index (κ2) is 5.35. The number of aromatic nitrogens is 1. The SMILES string of the molecule is Nc1ccc(Cn2c(=O)sc3ccccc3c2=O)c(Cl)c1. The van der Waals surface area contributed by atoms with Crippen molar-refractivity contribution >= 4 is 38.7 Å². The normalized spacial score (nSPS) is 10.9. The second-order valence-corrected chi connectivity index (χ2v) is 6.01. The minimum absolute atomic E-state index is 0.137. The lowest BCUT2D eigenvalue weighted by Gasteiger charge is -2.08. The summed E-state index contributed by atoms with van der Waals surface area (Å²) in [6, 6.07) is 12.1. The fourth-order valence-corrected chi connectivity index (χ4v) is 3.21. The van der Waals surface area contributed by atoms with Crippen molar-refractivity contribution in [2.24, 2.45) is 0 Å². The lowest BCUT2D eigenvalue weighted by molar-refractivity contribution is 0.753. The van der Waals surface area contributed by atoms with E-state index in [2.05, 4.69) is 0 Å². The number of nitrogens with two attached hydrogens (primary N) is 1. The summed E-state index contributed by atoms with van der Waals surface area (Å²) in [5.74, 6) is 0. The van der Waals surface area contributed by atoms with Gasteiger partial charge in [-0.3, -0.25) is 14.2 Å². The molecule has 0 aliphatic rings. The number of nitrogens with zero attached hydrogens (tertiary/aromatic N) is 1. The molecular weight excluding hydrogens is 308 g/mol. The third-order valence-electron chi connectivity index (χ3n) is 3.19. The average molecular weight is 319 g/mol. The lowest BCUT2D eigenvalue weighted by atomic mass is 10.2. The van der Waals surface area contributed by atoms with Crippen LogP contribution in [0.4, 0.5) is 5.69 Å². The highest BCUT2D eigenvalue weighted by Crippen LogP contribution is 2.20. The predicted octanol–water partition coefficient (Wildman–Crippen LogP) is 2.71. The molecule has 0 aliphatic carbocycles. The molecule has 3 aromatic rings. The molecule has 0 spiro atoms. The lowest BCUT2D eigenvalue weighted by Crippen LogP contribution is -2.31. The molecule has 4 nitrogen and oxygen atoms in total. The Hall–Kier alpha value is -2.11. The van der Waals surface area contributed by atoms with Crippen molar-refractivity contribution in [2.45, 2.75) is 6.54 Å². The highest BCUT2D eigenvalue weighted by Gasteiger charge is 2.10. The van der Waals surface area contributed by atoms with Crippen molar-refractivity contribution < 1.29 is 0 Å². The van der Waals surface area contributed by atoms with Gasteiger partial charge in [0.2, 0.25) is 0 Å². The Morgan fingerprint density at radius 1 is 1.14 bits per heavy atom. The van der Waals surface area contributed by atoms with Gasteiger partial charge in [0.05, 0.1) is 11.9 Å². The molecule has 0 unspecified atom stereocenters. The molecule has 106 valence electrons. The third kappa shape index (κ3) is 2.57. The van der Waals surface area contributed by atoms with Crippen LogP contribution in [-0.2, 0) is 6.54 Å². The van der Waals surface area contributed by atoms with Crippen molar-refractivity contribution in [1.82, 2.24) is 4.57 Å². The molecular formula is C15H11ClN2O2S. The first kappa shape index (κ1) is 13.9. The van der Waals surface area contributed by atoms with Gasteiger partial charge in [-0.15, -0.1) is 0 Å². The molecule has 21 heavy (non-hydrogen) atoms. The van der Waals surface area contributed by atoms with E-state index >= 15 is 0 Å². The van der Waals surface area contributed by atoms with Crippen LogP contribution in [-0.4, -0.2) is 4.57 Å². The van der Waals surface area contributed by atoms with E-state index in [1.165, 1.54) is 4.57 Å². The van der Waals surface area contributed by atoms with Crippen LogP contribution in [0.3, 0.4) is 0 Å². The zero-order valence-electron chi connectivity index (χ0n) is 10.9. The molecule has 2 aromatic carbocycles. The molecule has 1 heterocycles. The summed E-state index contributed by atoms with van der Waals surface area (Å²) in [5.41, 5.74) is 6.57. The number of halogens is 1. The van der Waals surface area contributed by atoms with Crippen molar-refractivity contribution in [3.8, 4) is 0 Å². The fraction of sp³-hybridized carbons (Fsp3) is 0.0667. The molecule has 0 aliphatic heterocycles. The van der Waals surface area contributed by atoms with E-state index in [4.69, 9.17) is 17.3 Å². The molecule has 0 atom stereocenters. The molecule has 0 fully saturated rings. The van der Waals surface area contributed by atoms with Crippen molar-refractivity contribution in [1.29, 1.82) is 0 Å². The van der Waals surface area contributed by atoms with Crippen LogP contribution in [0.5, 0.6) is 0 Å². The van der Waals surface area contributed by atoms with E-state index in [0.29, 0.717) is 26.4 Å². The molecule has 6 heteroatoms. The van der Waals surface area contributed by atoms with Gasteiger partial charge in [-0.05, 0) is 29.8 Å². The molecule has 1 aromatic heterocycles. The van der Waals surface area contributed by atoms with Crippen LogP contribution in [0.15, 0.2) is 52.1 Å². The van der Waals surface area contributed by atoms with E-state index in [-0.39, 0.29) is 17.0 Å². The second-order valence-electron chi connectivity index (χ2n) is 4.61. The van der Waals surface area contributed by atoms with Gasteiger partial charge in [0, 0.05) is 15.4 Å². The van der Waals surface area contributed by atoms with Crippen LogP contribution >= 0.6 is 22.9 Å². The highest BCUT2D eigenvalue weighted by atomic mass is 35.5. The van der Waals surface area contributed by atoms with Gasteiger partial charge in [0.15, 0.2) is 0 Å². The van der Waals surface area contributed by atoms with Crippen molar-refractivity contribution in [3.05, 3.63) is 73.1 Å². The summed E-state index contributed by atoms with van der Waals surface area (Å²) < 4.78 is 1.89. The Morgan fingerprint density at radius 3 is 2.67 bits per heavy atom. The van der Waals surface area contributed by atoms with Crippen molar-refractivity contribution in [3.63, 3.8) is 0 Å². The highest BCUT2D eigenvalue weighted by molar-refractivity contribution is 7.16. The summed E-state index contributed by atoms with van der Waals surface area (Å²) in [7, 11) is 0. The molecule has 0 amide bonds. The monoisotopic (exact) mass is 318 g/mol. The number of fused-ring (bicyclic) bond motifs is 1. The molecule has 2 N–H and O–H groups in total. The molecule has 0 saturated carbocycles. The predicted molar refractivity (Wildman–Crippen MR) is 87.3 cm³/mol. The maximum atomic E-state index is 12.4. The Bertz CT molecular complexity index is 946. The largest absolute Gasteiger partial charge is 0.399 e. The topological polar surface area (TPSA) is 65.1 Å². The first-order valence-electron chi connectivity index (χ1n) is 6.23. The maximum Gasteiger partial charge on any atom is 0.310 e. The van der Waals surface area contributed by atoms with Crippen LogP contribution in [0, 0.1) is 0 Å². The fourth-order valence-electron chi connectivity index (χ4n) is 2.11. The van der Waals surface area contributed by atoms with E-state index in [9.17, 15) is 9.59 Å². The Balaban J connectivity index is 2.17. The van der Waals surface area contributed by atoms with Gasteiger partial charge < -0.3 is 5.73 Å². The Labute approximate surface area is 129 Å². The van der Waals surface area contributed by atoms with E-state index in [0.717, 1.165) is 11.3 Å². The Morgan fingerprint density at radius 2 is 1.90 bits per heavy atom. The summed E-state index contributed by atoms with van der Waals surface area (Å²) in [6.07, 6.45) is 0. The van der Waals surface area contributed by atoms with Gasteiger partial charge in [0.25, 0.3) is 5.56 Å². The van der Waals surface area contributed by atoms with Crippen LogP contribution in [0.1, 0.15) is 5.56 Å². The first-order valence-corrected chi connectivity index (χ1v) is 7.42. The van der Waals surface area contributed by atoms with Crippen LogP contribution in [0.2, 0.25) is 5.02 Å². The van der Waals surface area contributed by atoms with E-state index < -0.39 is 0 Å². The average Bonchev–Trinajstić information content (AvgIpc) is 2.45. The van der Waals surface area contributed by atoms with Crippen LogP contribution < -0.4 is 16.2 Å². The zero-order valence-corrected chi connectivity index (χ0v) is 12.4. The summed E-state index contributed by atoms with van der Waals surface area (Å²) in [5, 5.41) is 0.980. The minimum Gasteiger partial charge on any atom is -0.399 e. The van der Waals surface area contributed by atoms with Gasteiger partial charge in [-0.2, -0.15) is 0 Å². The number of anilines is 1. The number of hydrogen-bond acceptors (Lipinski definition) is 4. The number of hydrogen-bond donors (Lipinski definition) is 1. The summed E-state index contributed by atoms with van der Waals surface area (Å²) in [6.45, 7) is 0.137. The van der Waals surface area contributed by atoms with Gasteiger partial charge >= 0.3 is 4.87 Å². The first-order chi connectivity index (χ1) is 10.1. The quantitative estimate of drug-likeness (QED) is 0.739. The third-order valence-corrected chi connectivity index (χ3v) is 4.51. The molecule has 0 bridgehead atoms. The van der Waals surface area contributed by atoms with Gasteiger partial charge in [0.1, 0.15) is 0 Å². The zero-order chi connectivity index (χ0) is 15.0. The Kier molecular flexibility index (Phi) is 3.53. The van der Waals surface area contributed by atoms with Crippen LogP contribution in [0.25, 0.3) is 10.1 Å². The molecule has 0 saturated heterocycles. The standard InChI is InChI=1S/C15H11ClN2O2S/c16-12-7-10(17)6-5-9(12)8-18-14(19)11-3-1-2-4-13(11)21-15(18)20/h1-7H,8,17H2. The number of nitrogen functional groups attached to an aromatic ring is 1. The summed E-state index contributed by atoms with van der Waals surface area (Å²) >= 11 is 7.16. The van der Waals surface area contributed by atoms with Crippen molar-refractivity contribution in [2.75, 3.05) is 5.73 Å². The summed E-state index contributed by atoms with van der Waals surface area (Å²) in [4.78, 5) is 24.3.